The van der Waals surface area contributed by atoms with Gasteiger partial charge < -0.3 is 13.9 Å². The minimum absolute atomic E-state index is 0.202. The zero-order chi connectivity index (χ0) is 14.8. The second kappa shape index (κ2) is 5.84. The lowest BCUT2D eigenvalue weighted by atomic mass is 10.2. The highest BCUT2D eigenvalue weighted by Crippen LogP contribution is 2.31. The quantitative estimate of drug-likeness (QED) is 0.829. The molecule has 1 heterocycles. The van der Waals surface area contributed by atoms with Crippen molar-refractivity contribution in [2.75, 3.05) is 7.11 Å². The highest BCUT2D eigenvalue weighted by atomic mass is 79.9. The van der Waals surface area contributed by atoms with Crippen LogP contribution in [-0.2, 0) is 11.3 Å². The van der Waals surface area contributed by atoms with Gasteiger partial charge in [-0.2, -0.15) is 0 Å². The Balaban J connectivity index is 2.21. The molecule has 4 nitrogen and oxygen atoms in total. The SMILES string of the molecule is COCc1nc(-c2ccc(OC(F)(F)F)cc2)c(Br)o1. The molecule has 0 unspecified atom stereocenters. The molecule has 0 atom stereocenters. The number of methoxy groups -OCH3 is 1. The summed E-state index contributed by atoms with van der Waals surface area (Å²) in [4.78, 5) is 4.17. The summed E-state index contributed by atoms with van der Waals surface area (Å²) in [6.07, 6.45) is -4.71. The van der Waals surface area contributed by atoms with Crippen LogP contribution in [0.15, 0.2) is 33.4 Å². The van der Waals surface area contributed by atoms with Crippen LogP contribution < -0.4 is 4.74 Å². The molecule has 0 aliphatic rings. The van der Waals surface area contributed by atoms with Crippen LogP contribution in [0.25, 0.3) is 11.3 Å². The maximum Gasteiger partial charge on any atom is 0.573 e. The first kappa shape index (κ1) is 14.9. The van der Waals surface area contributed by atoms with E-state index < -0.39 is 6.36 Å². The molecule has 0 aliphatic heterocycles. The predicted octanol–water partition coefficient (Wildman–Crippen LogP) is 4.15. The van der Waals surface area contributed by atoms with Crippen molar-refractivity contribution in [3.8, 4) is 17.0 Å². The summed E-state index contributed by atoms with van der Waals surface area (Å²) in [6.45, 7) is 0.202. The third-order valence-corrected chi connectivity index (χ3v) is 2.80. The van der Waals surface area contributed by atoms with E-state index in [1.807, 2.05) is 0 Å². The molecule has 0 saturated heterocycles. The van der Waals surface area contributed by atoms with Gasteiger partial charge in [-0.3, -0.25) is 0 Å². The minimum atomic E-state index is -4.71. The number of ether oxygens (including phenoxy) is 2. The molecule has 0 N–H and O–H groups in total. The molecular weight excluding hydrogens is 343 g/mol. The monoisotopic (exact) mass is 351 g/mol. The molecule has 2 rings (SSSR count). The van der Waals surface area contributed by atoms with Gasteiger partial charge in [0.1, 0.15) is 18.1 Å². The number of halogens is 4. The number of hydrogen-bond acceptors (Lipinski definition) is 4. The van der Waals surface area contributed by atoms with Crippen LogP contribution >= 0.6 is 15.9 Å². The van der Waals surface area contributed by atoms with Gasteiger partial charge >= 0.3 is 6.36 Å². The van der Waals surface area contributed by atoms with Crippen LogP contribution in [-0.4, -0.2) is 18.5 Å². The van der Waals surface area contributed by atoms with E-state index in [2.05, 4.69) is 25.7 Å². The third kappa shape index (κ3) is 3.73. The Kier molecular flexibility index (Phi) is 4.34. The molecule has 0 spiro atoms. The second-order valence-electron chi connectivity index (χ2n) is 3.74. The van der Waals surface area contributed by atoms with Crippen molar-refractivity contribution < 1.29 is 27.1 Å². The summed E-state index contributed by atoms with van der Waals surface area (Å²) < 4.78 is 50.5. The molecule has 0 fully saturated rings. The lowest BCUT2D eigenvalue weighted by Gasteiger charge is -2.08. The summed E-state index contributed by atoms with van der Waals surface area (Å²) in [6, 6.07) is 5.33. The van der Waals surface area contributed by atoms with Gasteiger partial charge in [-0.25, -0.2) is 4.98 Å². The summed E-state index contributed by atoms with van der Waals surface area (Å²) in [5, 5.41) is 0. The highest BCUT2D eigenvalue weighted by molar-refractivity contribution is 9.10. The van der Waals surface area contributed by atoms with E-state index in [0.717, 1.165) is 0 Å². The van der Waals surface area contributed by atoms with Gasteiger partial charge in [0, 0.05) is 12.7 Å². The molecule has 1 aromatic carbocycles. The van der Waals surface area contributed by atoms with Crippen LogP contribution in [0.1, 0.15) is 5.89 Å². The lowest BCUT2D eigenvalue weighted by Crippen LogP contribution is -2.16. The van der Waals surface area contributed by atoms with Crippen LogP contribution in [0, 0.1) is 0 Å². The average Bonchev–Trinajstić information content (AvgIpc) is 2.70. The summed E-state index contributed by atoms with van der Waals surface area (Å²) in [7, 11) is 1.50. The lowest BCUT2D eigenvalue weighted by molar-refractivity contribution is -0.274. The number of nitrogens with zero attached hydrogens (tertiary/aromatic N) is 1. The van der Waals surface area contributed by atoms with Gasteiger partial charge in [0.15, 0.2) is 4.67 Å². The molecule has 0 bridgehead atoms. The van der Waals surface area contributed by atoms with E-state index in [9.17, 15) is 13.2 Å². The Morgan fingerprint density at radius 2 is 1.90 bits per heavy atom. The Bertz CT molecular complexity index is 581. The van der Waals surface area contributed by atoms with E-state index in [-0.39, 0.29) is 12.4 Å². The zero-order valence-corrected chi connectivity index (χ0v) is 11.8. The number of hydrogen-bond donors (Lipinski definition) is 0. The highest BCUT2D eigenvalue weighted by Gasteiger charge is 2.31. The Labute approximate surface area is 120 Å². The van der Waals surface area contributed by atoms with Gasteiger partial charge in [0.2, 0.25) is 5.89 Å². The van der Waals surface area contributed by atoms with Gasteiger partial charge in [-0.05, 0) is 40.2 Å². The fourth-order valence-electron chi connectivity index (χ4n) is 1.52. The van der Waals surface area contributed by atoms with Crippen molar-refractivity contribution >= 4 is 15.9 Å². The fourth-order valence-corrected chi connectivity index (χ4v) is 2.03. The smallest absolute Gasteiger partial charge is 0.431 e. The first-order chi connectivity index (χ1) is 9.39. The molecule has 0 saturated carbocycles. The maximum atomic E-state index is 12.0. The van der Waals surface area contributed by atoms with Gasteiger partial charge in [0.25, 0.3) is 0 Å². The number of aromatic nitrogens is 1. The van der Waals surface area contributed by atoms with Gasteiger partial charge in [-0.1, -0.05) is 0 Å². The van der Waals surface area contributed by atoms with E-state index in [4.69, 9.17) is 9.15 Å². The second-order valence-corrected chi connectivity index (χ2v) is 4.46. The van der Waals surface area contributed by atoms with Crippen molar-refractivity contribution in [1.29, 1.82) is 0 Å². The van der Waals surface area contributed by atoms with Crippen LogP contribution in [0.5, 0.6) is 5.75 Å². The molecule has 2 aromatic rings. The normalized spacial score (nSPS) is 11.7. The zero-order valence-electron chi connectivity index (χ0n) is 10.2. The molecule has 20 heavy (non-hydrogen) atoms. The largest absolute Gasteiger partial charge is 0.573 e. The number of benzene rings is 1. The molecule has 1 aromatic heterocycles. The molecule has 0 amide bonds. The standard InChI is InChI=1S/C12H9BrF3NO3/c1-18-6-9-17-10(11(13)19-9)7-2-4-8(5-3-7)20-12(14,15)16/h2-5H,6H2,1H3. The predicted molar refractivity (Wildman–Crippen MR) is 67.0 cm³/mol. The van der Waals surface area contributed by atoms with E-state index in [1.54, 1.807) is 0 Å². The molecule has 0 radical (unpaired) electrons. The first-order valence-electron chi connectivity index (χ1n) is 5.39. The van der Waals surface area contributed by atoms with Crippen molar-refractivity contribution in [1.82, 2.24) is 4.98 Å². The van der Waals surface area contributed by atoms with Crippen LogP contribution in [0.3, 0.4) is 0 Å². The Morgan fingerprint density at radius 3 is 2.45 bits per heavy atom. The molecule has 8 heteroatoms. The molecular formula is C12H9BrF3NO3. The van der Waals surface area contributed by atoms with Crippen molar-refractivity contribution in [3.05, 3.63) is 34.8 Å². The van der Waals surface area contributed by atoms with Gasteiger partial charge in [0.05, 0.1) is 0 Å². The van der Waals surface area contributed by atoms with Gasteiger partial charge in [-0.15, -0.1) is 13.2 Å². The number of oxazole rings is 1. The van der Waals surface area contributed by atoms with E-state index in [1.165, 1.54) is 31.4 Å². The van der Waals surface area contributed by atoms with Crippen molar-refractivity contribution in [3.63, 3.8) is 0 Å². The Hall–Kier alpha value is -1.54. The molecule has 108 valence electrons. The van der Waals surface area contributed by atoms with Crippen LogP contribution in [0.4, 0.5) is 13.2 Å². The van der Waals surface area contributed by atoms with Crippen LogP contribution in [0.2, 0.25) is 0 Å². The minimum Gasteiger partial charge on any atom is -0.431 e. The fraction of sp³-hybridized carbons (Fsp3) is 0.250. The van der Waals surface area contributed by atoms with Crippen molar-refractivity contribution in [2.45, 2.75) is 13.0 Å². The third-order valence-electron chi connectivity index (χ3n) is 2.26. The average molecular weight is 352 g/mol. The number of alkyl halides is 3. The maximum absolute atomic E-state index is 12.0. The van der Waals surface area contributed by atoms with E-state index in [0.29, 0.717) is 21.8 Å². The number of rotatable bonds is 4. The van der Waals surface area contributed by atoms with Crippen molar-refractivity contribution in [2.24, 2.45) is 0 Å². The topological polar surface area (TPSA) is 44.5 Å². The van der Waals surface area contributed by atoms with E-state index >= 15 is 0 Å². The summed E-state index contributed by atoms with van der Waals surface area (Å²) in [5.41, 5.74) is 1.08. The summed E-state index contributed by atoms with van der Waals surface area (Å²) in [5.74, 6) is 0.0722. The molecule has 0 aliphatic carbocycles. The first-order valence-corrected chi connectivity index (χ1v) is 6.18. The Morgan fingerprint density at radius 1 is 1.25 bits per heavy atom. The summed E-state index contributed by atoms with van der Waals surface area (Å²) >= 11 is 3.20.